The average Bonchev–Trinajstić information content (AvgIpc) is 3.02. The van der Waals surface area contributed by atoms with Gasteiger partial charge in [-0.2, -0.15) is 0 Å². The predicted octanol–water partition coefficient (Wildman–Crippen LogP) is 3.35. The molecule has 0 unspecified atom stereocenters. The van der Waals surface area contributed by atoms with Crippen LogP contribution < -0.4 is 0 Å². The average molecular weight is 304 g/mol. The molecule has 2 heterocycles. The first-order valence-electron chi connectivity index (χ1n) is 5.47. The van der Waals surface area contributed by atoms with E-state index >= 15 is 0 Å². The molecule has 0 N–H and O–H groups in total. The molecule has 0 saturated heterocycles. The lowest BCUT2D eigenvalue weighted by Gasteiger charge is -1.97. The molecule has 90 valence electrons. The zero-order valence-electron chi connectivity index (χ0n) is 9.45. The van der Waals surface area contributed by atoms with Crippen LogP contribution in [0, 0.1) is 0 Å². The third-order valence-electron chi connectivity index (χ3n) is 2.56. The molecule has 0 aliphatic carbocycles. The number of oxazole rings is 1. The fourth-order valence-electron chi connectivity index (χ4n) is 1.67. The highest BCUT2D eigenvalue weighted by Crippen LogP contribution is 2.22. The first-order valence-corrected chi connectivity index (χ1v) is 6.27. The van der Waals surface area contributed by atoms with Gasteiger partial charge in [-0.15, -0.1) is 0 Å². The van der Waals surface area contributed by atoms with E-state index < -0.39 is 0 Å². The monoisotopic (exact) mass is 303 g/mol. The quantitative estimate of drug-likeness (QED) is 0.745. The summed E-state index contributed by atoms with van der Waals surface area (Å²) in [5, 5.41) is 0. The number of aromatic nitrogens is 3. The van der Waals surface area contributed by atoms with Crippen molar-refractivity contribution in [1.29, 1.82) is 0 Å². The van der Waals surface area contributed by atoms with Crippen LogP contribution in [0.2, 0.25) is 0 Å². The molecule has 0 aliphatic heterocycles. The molecule has 2 aromatic heterocycles. The van der Waals surface area contributed by atoms with E-state index in [0.717, 1.165) is 15.8 Å². The van der Waals surface area contributed by atoms with Crippen molar-refractivity contribution in [2.45, 2.75) is 6.54 Å². The second-order valence-electron chi connectivity index (χ2n) is 3.86. The van der Waals surface area contributed by atoms with E-state index in [4.69, 9.17) is 4.42 Å². The van der Waals surface area contributed by atoms with Crippen LogP contribution in [0.25, 0.3) is 11.3 Å². The van der Waals surface area contributed by atoms with Crippen LogP contribution in [0.3, 0.4) is 0 Å². The van der Waals surface area contributed by atoms with E-state index in [1.54, 1.807) is 18.7 Å². The highest BCUT2D eigenvalue weighted by Gasteiger charge is 2.06. The summed E-state index contributed by atoms with van der Waals surface area (Å²) < 4.78 is 8.67. The Balaban J connectivity index is 1.83. The van der Waals surface area contributed by atoms with Crippen LogP contribution in [-0.2, 0) is 6.54 Å². The Kier molecular flexibility index (Phi) is 2.98. The van der Waals surface area contributed by atoms with Crippen molar-refractivity contribution in [3.63, 3.8) is 0 Å². The summed E-state index contributed by atoms with van der Waals surface area (Å²) in [7, 11) is 0. The third kappa shape index (κ3) is 2.36. The summed E-state index contributed by atoms with van der Waals surface area (Å²) in [6, 6.07) is 7.94. The number of hydrogen-bond donors (Lipinski definition) is 0. The zero-order chi connectivity index (χ0) is 12.4. The van der Waals surface area contributed by atoms with Crippen molar-refractivity contribution in [1.82, 2.24) is 14.5 Å². The van der Waals surface area contributed by atoms with Crippen LogP contribution in [-0.4, -0.2) is 14.5 Å². The van der Waals surface area contributed by atoms with Crippen molar-refractivity contribution in [3.8, 4) is 11.3 Å². The smallest absolute Gasteiger partial charge is 0.214 e. The van der Waals surface area contributed by atoms with Crippen molar-refractivity contribution in [2.75, 3.05) is 0 Å². The highest BCUT2D eigenvalue weighted by atomic mass is 79.9. The molecule has 3 rings (SSSR count). The summed E-state index contributed by atoms with van der Waals surface area (Å²) in [6.45, 7) is 0.594. The van der Waals surface area contributed by atoms with E-state index in [9.17, 15) is 0 Å². The molecular weight excluding hydrogens is 294 g/mol. The first kappa shape index (κ1) is 11.2. The summed E-state index contributed by atoms with van der Waals surface area (Å²) in [4.78, 5) is 8.24. The molecule has 1 aromatic carbocycles. The Morgan fingerprint density at radius 1 is 1.22 bits per heavy atom. The van der Waals surface area contributed by atoms with Gasteiger partial charge >= 0.3 is 0 Å². The standard InChI is InChI=1S/C13H10BrN3O/c14-11-3-1-10(2-4-11)12-7-16-13(18-12)8-17-6-5-15-9-17/h1-7,9H,8H2. The Labute approximate surface area is 112 Å². The van der Waals surface area contributed by atoms with Gasteiger partial charge in [-0.25, -0.2) is 9.97 Å². The van der Waals surface area contributed by atoms with Crippen LogP contribution in [0.1, 0.15) is 5.89 Å². The van der Waals surface area contributed by atoms with Crippen LogP contribution in [0.4, 0.5) is 0 Å². The fourth-order valence-corrected chi connectivity index (χ4v) is 1.93. The number of hydrogen-bond acceptors (Lipinski definition) is 3. The van der Waals surface area contributed by atoms with Crippen molar-refractivity contribution < 1.29 is 4.42 Å². The van der Waals surface area contributed by atoms with E-state index in [2.05, 4.69) is 25.9 Å². The predicted molar refractivity (Wildman–Crippen MR) is 71.0 cm³/mol. The van der Waals surface area contributed by atoms with Gasteiger partial charge in [-0.05, 0) is 12.1 Å². The van der Waals surface area contributed by atoms with Crippen molar-refractivity contribution in [2.24, 2.45) is 0 Å². The van der Waals surface area contributed by atoms with Crippen LogP contribution in [0.5, 0.6) is 0 Å². The first-order chi connectivity index (χ1) is 8.81. The molecule has 0 saturated carbocycles. The van der Waals surface area contributed by atoms with Gasteiger partial charge in [0, 0.05) is 22.4 Å². The molecule has 4 nitrogen and oxygen atoms in total. The lowest BCUT2D eigenvalue weighted by atomic mass is 10.2. The summed E-state index contributed by atoms with van der Waals surface area (Å²) in [6.07, 6.45) is 7.10. The van der Waals surface area contributed by atoms with Gasteiger partial charge in [-0.3, -0.25) is 0 Å². The molecule has 18 heavy (non-hydrogen) atoms. The van der Waals surface area contributed by atoms with E-state index in [1.165, 1.54) is 0 Å². The maximum atomic E-state index is 5.71. The Morgan fingerprint density at radius 2 is 2.06 bits per heavy atom. The SMILES string of the molecule is Brc1ccc(-c2cnc(Cn3ccnc3)o2)cc1. The molecule has 0 bridgehead atoms. The van der Waals surface area contributed by atoms with Gasteiger partial charge in [0.05, 0.1) is 12.5 Å². The minimum Gasteiger partial charge on any atom is -0.439 e. The number of nitrogens with zero attached hydrogens (tertiary/aromatic N) is 3. The fraction of sp³-hybridized carbons (Fsp3) is 0.0769. The summed E-state index contributed by atoms with van der Waals surface area (Å²) in [5.41, 5.74) is 1.02. The maximum absolute atomic E-state index is 5.71. The second kappa shape index (κ2) is 4.78. The minimum atomic E-state index is 0.594. The lowest BCUT2D eigenvalue weighted by Crippen LogP contribution is -1.95. The van der Waals surface area contributed by atoms with Crippen LogP contribution >= 0.6 is 15.9 Å². The Hall–Kier alpha value is -1.88. The number of rotatable bonds is 3. The normalized spacial score (nSPS) is 10.7. The summed E-state index contributed by atoms with van der Waals surface area (Å²) >= 11 is 3.41. The number of halogens is 1. The third-order valence-corrected chi connectivity index (χ3v) is 3.09. The molecule has 0 fully saturated rings. The van der Waals surface area contributed by atoms with Crippen LogP contribution in [0.15, 0.2) is 58.1 Å². The highest BCUT2D eigenvalue weighted by molar-refractivity contribution is 9.10. The van der Waals surface area contributed by atoms with E-state index in [1.807, 2.05) is 35.0 Å². The number of benzene rings is 1. The molecule has 3 aromatic rings. The maximum Gasteiger partial charge on any atom is 0.214 e. The molecular formula is C13H10BrN3O. The van der Waals surface area contributed by atoms with E-state index in [-0.39, 0.29) is 0 Å². The second-order valence-corrected chi connectivity index (χ2v) is 4.78. The van der Waals surface area contributed by atoms with Gasteiger partial charge < -0.3 is 8.98 Å². The Morgan fingerprint density at radius 3 is 2.78 bits per heavy atom. The Bertz CT molecular complexity index is 629. The van der Waals surface area contributed by atoms with Gasteiger partial charge in [0.15, 0.2) is 5.76 Å². The number of imidazole rings is 1. The van der Waals surface area contributed by atoms with Gasteiger partial charge in [0.25, 0.3) is 0 Å². The molecule has 0 aliphatic rings. The summed E-state index contributed by atoms with van der Waals surface area (Å²) in [5.74, 6) is 1.45. The largest absolute Gasteiger partial charge is 0.439 e. The van der Waals surface area contributed by atoms with Gasteiger partial charge in [-0.1, -0.05) is 28.1 Å². The molecule has 0 atom stereocenters. The van der Waals surface area contributed by atoms with Gasteiger partial charge in [0.1, 0.15) is 6.54 Å². The zero-order valence-corrected chi connectivity index (χ0v) is 11.0. The molecule has 5 heteroatoms. The van der Waals surface area contributed by atoms with Gasteiger partial charge in [0.2, 0.25) is 5.89 Å². The van der Waals surface area contributed by atoms with E-state index in [0.29, 0.717) is 12.4 Å². The topological polar surface area (TPSA) is 43.9 Å². The molecule has 0 amide bonds. The lowest BCUT2D eigenvalue weighted by molar-refractivity contribution is 0.488. The van der Waals surface area contributed by atoms with Crippen molar-refractivity contribution in [3.05, 3.63) is 59.5 Å². The molecule has 0 radical (unpaired) electrons. The minimum absolute atomic E-state index is 0.594. The molecule has 0 spiro atoms. The van der Waals surface area contributed by atoms with Crippen molar-refractivity contribution >= 4 is 15.9 Å².